The molecule has 1 N–H and O–H groups in total. The van der Waals surface area contributed by atoms with Crippen LogP contribution in [0.1, 0.15) is 40.0 Å². The summed E-state index contributed by atoms with van der Waals surface area (Å²) in [6, 6.07) is 18.5. The summed E-state index contributed by atoms with van der Waals surface area (Å²) < 4.78 is 0. The summed E-state index contributed by atoms with van der Waals surface area (Å²) in [5.41, 5.74) is 4.37. The average molecular weight is 452 g/mol. The number of H-pyrrole nitrogens is 1. The van der Waals surface area contributed by atoms with Gasteiger partial charge < -0.3 is 9.88 Å². The molecule has 5 rings (SSSR count). The molecular weight excluding hydrogens is 426 g/mol. The van der Waals surface area contributed by atoms with E-state index in [1.54, 1.807) is 23.2 Å². The Morgan fingerprint density at radius 1 is 1.03 bits per heavy atom. The number of benzene rings is 2. The Labute approximate surface area is 197 Å². The van der Waals surface area contributed by atoms with Crippen molar-refractivity contribution in [2.75, 3.05) is 6.54 Å². The van der Waals surface area contributed by atoms with Gasteiger partial charge in [-0.25, -0.2) is 0 Å². The number of pyridine rings is 1. The number of ketones is 2. The Morgan fingerprint density at radius 3 is 2.56 bits per heavy atom. The number of hydrogen-bond donors (Lipinski definition) is 1. The molecule has 1 amide bonds. The van der Waals surface area contributed by atoms with Crippen LogP contribution >= 0.6 is 0 Å². The minimum atomic E-state index is -1.09. The Kier molecular flexibility index (Phi) is 5.80. The van der Waals surface area contributed by atoms with Gasteiger partial charge in [0.1, 0.15) is 5.92 Å². The van der Waals surface area contributed by atoms with Gasteiger partial charge in [-0.15, -0.1) is 0 Å². The second kappa shape index (κ2) is 9.06. The van der Waals surface area contributed by atoms with Gasteiger partial charge >= 0.3 is 0 Å². The normalized spacial score (nSPS) is 18.1. The van der Waals surface area contributed by atoms with Crippen molar-refractivity contribution in [3.63, 3.8) is 0 Å². The Balaban J connectivity index is 1.51. The molecule has 0 aliphatic carbocycles. The predicted octanol–water partition coefficient (Wildman–Crippen LogP) is 4.32. The third-order valence-electron chi connectivity index (χ3n) is 6.66. The third kappa shape index (κ3) is 3.81. The van der Waals surface area contributed by atoms with Crippen LogP contribution in [-0.2, 0) is 22.4 Å². The molecular formula is C28H25N3O3. The number of carbonyl (C=O) groups excluding carboxylic acids is 3. The van der Waals surface area contributed by atoms with Crippen LogP contribution in [0.5, 0.6) is 0 Å². The first-order valence-corrected chi connectivity index (χ1v) is 11.5. The molecule has 4 aromatic rings. The van der Waals surface area contributed by atoms with Crippen LogP contribution in [0.3, 0.4) is 0 Å². The summed E-state index contributed by atoms with van der Waals surface area (Å²) >= 11 is 0. The summed E-state index contributed by atoms with van der Waals surface area (Å²) in [5.74, 6) is -2.72. The van der Waals surface area contributed by atoms with E-state index in [1.807, 2.05) is 54.7 Å². The van der Waals surface area contributed by atoms with E-state index >= 15 is 0 Å². The number of likely N-dealkylation sites (tertiary alicyclic amines) is 1. The van der Waals surface area contributed by atoms with Crippen LogP contribution < -0.4 is 0 Å². The molecule has 34 heavy (non-hydrogen) atoms. The fourth-order valence-corrected chi connectivity index (χ4v) is 4.82. The number of nitrogens with one attached hydrogen (secondary N) is 1. The van der Waals surface area contributed by atoms with Crippen molar-refractivity contribution in [2.24, 2.45) is 5.92 Å². The summed E-state index contributed by atoms with van der Waals surface area (Å²) in [5, 5.41) is 1.09. The van der Waals surface area contributed by atoms with Gasteiger partial charge in [0, 0.05) is 41.6 Å². The van der Waals surface area contributed by atoms with Crippen molar-refractivity contribution < 1.29 is 14.4 Å². The van der Waals surface area contributed by atoms with E-state index in [4.69, 9.17) is 0 Å². The lowest BCUT2D eigenvalue weighted by Gasteiger charge is -2.27. The highest BCUT2D eigenvalue weighted by Crippen LogP contribution is 2.38. The molecule has 1 aliphatic rings. The number of fused-ring (bicyclic) bond motifs is 1. The largest absolute Gasteiger partial charge is 0.361 e. The minimum absolute atomic E-state index is 0.335. The number of amides is 1. The first-order chi connectivity index (χ1) is 16.6. The second-order valence-electron chi connectivity index (χ2n) is 8.60. The molecule has 0 radical (unpaired) electrons. The highest BCUT2D eigenvalue weighted by Gasteiger charge is 2.51. The molecule has 2 aromatic carbocycles. The molecule has 2 atom stereocenters. The molecule has 1 aliphatic heterocycles. The predicted molar refractivity (Wildman–Crippen MR) is 129 cm³/mol. The lowest BCUT2D eigenvalue weighted by molar-refractivity contribution is -0.140. The molecule has 0 spiro atoms. The Morgan fingerprint density at radius 2 is 1.82 bits per heavy atom. The first kappa shape index (κ1) is 21.8. The van der Waals surface area contributed by atoms with Crippen molar-refractivity contribution in [3.05, 3.63) is 102 Å². The van der Waals surface area contributed by atoms with E-state index in [9.17, 15) is 14.4 Å². The summed E-state index contributed by atoms with van der Waals surface area (Å²) in [4.78, 5) is 48.6. The van der Waals surface area contributed by atoms with Gasteiger partial charge in [0.15, 0.2) is 5.78 Å². The molecule has 6 heteroatoms. The van der Waals surface area contributed by atoms with E-state index in [0.717, 1.165) is 34.0 Å². The molecule has 0 bridgehead atoms. The monoisotopic (exact) mass is 451 g/mol. The number of aromatic nitrogens is 2. The zero-order chi connectivity index (χ0) is 23.7. The first-order valence-electron chi connectivity index (χ1n) is 11.5. The van der Waals surface area contributed by atoms with Gasteiger partial charge in [-0.3, -0.25) is 19.4 Å². The van der Waals surface area contributed by atoms with Crippen molar-refractivity contribution in [2.45, 2.75) is 25.8 Å². The van der Waals surface area contributed by atoms with E-state index in [2.05, 4.69) is 16.9 Å². The zero-order valence-corrected chi connectivity index (χ0v) is 18.9. The smallest absolute Gasteiger partial charge is 0.291 e. The maximum atomic E-state index is 13.4. The number of rotatable bonds is 7. The Hall–Kier alpha value is -4.06. The zero-order valence-electron chi connectivity index (χ0n) is 18.9. The van der Waals surface area contributed by atoms with Crippen molar-refractivity contribution in [1.29, 1.82) is 0 Å². The number of Topliss-reactive ketones (excluding diaryl/α,β-unsaturated/α-hetero) is 2. The third-order valence-corrected chi connectivity index (χ3v) is 6.66. The molecule has 170 valence electrons. The van der Waals surface area contributed by atoms with E-state index in [0.29, 0.717) is 18.5 Å². The van der Waals surface area contributed by atoms with Gasteiger partial charge in [0.2, 0.25) is 5.78 Å². The van der Waals surface area contributed by atoms with Gasteiger partial charge in [-0.2, -0.15) is 0 Å². The molecule has 3 heterocycles. The highest BCUT2D eigenvalue weighted by atomic mass is 16.2. The molecule has 0 saturated carbocycles. The van der Waals surface area contributed by atoms with Gasteiger partial charge in [-0.05, 0) is 47.7 Å². The molecule has 2 unspecified atom stereocenters. The van der Waals surface area contributed by atoms with Crippen LogP contribution in [0.2, 0.25) is 0 Å². The fraction of sp³-hybridized carbons (Fsp3) is 0.214. The van der Waals surface area contributed by atoms with E-state index < -0.39 is 23.7 Å². The number of hydrogen-bond acceptors (Lipinski definition) is 4. The lowest BCUT2D eigenvalue weighted by Crippen LogP contribution is -2.32. The number of para-hydroxylation sites is 1. The summed E-state index contributed by atoms with van der Waals surface area (Å²) in [7, 11) is 0. The maximum Gasteiger partial charge on any atom is 0.291 e. The van der Waals surface area contributed by atoms with Crippen LogP contribution in [0.15, 0.2) is 79.3 Å². The SMILES string of the molecule is CCc1ccc(C2C(C(=O)c3cccnc3)C(=O)C(=O)N2CCc2c[nH]c3ccccc23)cc1. The van der Waals surface area contributed by atoms with Crippen molar-refractivity contribution >= 4 is 28.4 Å². The number of nitrogens with zero attached hydrogens (tertiary/aromatic N) is 2. The van der Waals surface area contributed by atoms with Gasteiger partial charge in [0.25, 0.3) is 5.91 Å². The summed E-state index contributed by atoms with van der Waals surface area (Å²) in [6.45, 7) is 2.41. The van der Waals surface area contributed by atoms with Crippen LogP contribution in [0.4, 0.5) is 0 Å². The summed E-state index contributed by atoms with van der Waals surface area (Å²) in [6.07, 6.45) is 6.42. The van der Waals surface area contributed by atoms with Crippen LogP contribution in [-0.4, -0.2) is 38.9 Å². The van der Waals surface area contributed by atoms with Gasteiger partial charge in [-0.1, -0.05) is 49.4 Å². The minimum Gasteiger partial charge on any atom is -0.361 e. The quantitative estimate of drug-likeness (QED) is 0.258. The van der Waals surface area contributed by atoms with E-state index in [1.165, 1.54) is 6.20 Å². The van der Waals surface area contributed by atoms with Gasteiger partial charge in [0.05, 0.1) is 6.04 Å². The lowest BCUT2D eigenvalue weighted by atomic mass is 9.86. The topological polar surface area (TPSA) is 83.1 Å². The van der Waals surface area contributed by atoms with Crippen LogP contribution in [0, 0.1) is 5.92 Å². The average Bonchev–Trinajstić information content (AvgIpc) is 3.41. The molecule has 6 nitrogen and oxygen atoms in total. The van der Waals surface area contributed by atoms with E-state index in [-0.39, 0.29) is 5.78 Å². The molecule has 2 aromatic heterocycles. The Bertz CT molecular complexity index is 1360. The van der Waals surface area contributed by atoms with Crippen molar-refractivity contribution in [1.82, 2.24) is 14.9 Å². The highest BCUT2D eigenvalue weighted by molar-refractivity contribution is 6.44. The second-order valence-corrected chi connectivity index (χ2v) is 8.60. The van der Waals surface area contributed by atoms with Crippen molar-refractivity contribution in [3.8, 4) is 0 Å². The standard InChI is InChI=1S/C28H25N3O3/c1-2-18-9-11-19(12-10-18)25-24(26(32)21-6-5-14-29-16-21)27(33)28(34)31(25)15-13-20-17-30-23-8-4-3-7-22(20)23/h3-12,14,16-17,24-25,30H,2,13,15H2,1H3. The number of aromatic amines is 1. The molecule has 1 fully saturated rings. The number of aryl methyl sites for hydroxylation is 1. The van der Waals surface area contributed by atoms with Crippen LogP contribution in [0.25, 0.3) is 10.9 Å². The molecule has 1 saturated heterocycles. The number of carbonyl (C=O) groups is 3. The maximum absolute atomic E-state index is 13.4. The fourth-order valence-electron chi connectivity index (χ4n) is 4.82.